The lowest BCUT2D eigenvalue weighted by Crippen LogP contribution is -2.25. The van der Waals surface area contributed by atoms with Crippen LogP contribution in [-0.2, 0) is 6.54 Å². The van der Waals surface area contributed by atoms with E-state index in [1.165, 1.54) is 12.3 Å². The number of ether oxygens (including phenoxy) is 1. The fourth-order valence-electron chi connectivity index (χ4n) is 2.96. The van der Waals surface area contributed by atoms with E-state index in [4.69, 9.17) is 27.9 Å². The lowest BCUT2D eigenvalue weighted by atomic mass is 10.2. The van der Waals surface area contributed by atoms with Gasteiger partial charge < -0.3 is 10.1 Å². The van der Waals surface area contributed by atoms with Crippen LogP contribution in [0, 0.1) is 11.6 Å². The highest BCUT2D eigenvalue weighted by Gasteiger charge is 2.15. The van der Waals surface area contributed by atoms with Gasteiger partial charge in [0.15, 0.2) is 17.5 Å². The topological polar surface area (TPSA) is 56.1 Å². The van der Waals surface area contributed by atoms with Crippen molar-refractivity contribution in [2.24, 2.45) is 0 Å². The SMILES string of the molecule is O=C(NCc1ccc(Oc2ccc(F)c(F)c2)cc1)c1cccn1-c1ncc(Cl)cc1Cl. The van der Waals surface area contributed by atoms with Gasteiger partial charge >= 0.3 is 0 Å². The number of carbonyl (C=O) groups is 1. The number of amides is 1. The summed E-state index contributed by atoms with van der Waals surface area (Å²) < 4.78 is 33.4. The molecule has 2 aromatic heterocycles. The van der Waals surface area contributed by atoms with E-state index in [0.717, 1.165) is 17.7 Å². The van der Waals surface area contributed by atoms with E-state index in [0.29, 0.717) is 27.3 Å². The van der Waals surface area contributed by atoms with E-state index in [1.54, 1.807) is 53.2 Å². The Balaban J connectivity index is 1.40. The minimum Gasteiger partial charge on any atom is -0.457 e. The van der Waals surface area contributed by atoms with Crippen molar-refractivity contribution < 1.29 is 18.3 Å². The molecule has 0 aliphatic rings. The van der Waals surface area contributed by atoms with Gasteiger partial charge in [-0.1, -0.05) is 35.3 Å². The first-order chi connectivity index (χ1) is 15.4. The molecular formula is C23H15Cl2F2N3O2. The van der Waals surface area contributed by atoms with Crippen molar-refractivity contribution in [1.29, 1.82) is 0 Å². The number of aromatic nitrogens is 2. The van der Waals surface area contributed by atoms with Gasteiger partial charge in [-0.25, -0.2) is 13.8 Å². The number of hydrogen-bond donors (Lipinski definition) is 1. The van der Waals surface area contributed by atoms with Crippen molar-refractivity contribution in [2.45, 2.75) is 6.54 Å². The Kier molecular flexibility index (Phi) is 6.39. The molecule has 0 atom stereocenters. The first-order valence-corrected chi connectivity index (χ1v) is 10.1. The molecule has 0 unspecified atom stereocenters. The number of nitrogens with zero attached hydrogens (tertiary/aromatic N) is 2. The molecule has 4 aromatic rings. The summed E-state index contributed by atoms with van der Waals surface area (Å²) in [6.07, 6.45) is 3.13. The summed E-state index contributed by atoms with van der Waals surface area (Å²) in [6.45, 7) is 0.261. The summed E-state index contributed by atoms with van der Waals surface area (Å²) >= 11 is 12.1. The summed E-state index contributed by atoms with van der Waals surface area (Å²) in [5, 5.41) is 3.55. The number of benzene rings is 2. The summed E-state index contributed by atoms with van der Waals surface area (Å²) in [4.78, 5) is 16.9. The highest BCUT2D eigenvalue weighted by atomic mass is 35.5. The predicted molar refractivity (Wildman–Crippen MR) is 118 cm³/mol. The number of pyridine rings is 1. The van der Waals surface area contributed by atoms with Crippen molar-refractivity contribution >= 4 is 29.1 Å². The van der Waals surface area contributed by atoms with Gasteiger partial charge in [0, 0.05) is 25.0 Å². The van der Waals surface area contributed by atoms with E-state index in [2.05, 4.69) is 10.3 Å². The fraction of sp³-hybridized carbons (Fsp3) is 0.0435. The van der Waals surface area contributed by atoms with Crippen molar-refractivity contribution in [3.8, 4) is 17.3 Å². The van der Waals surface area contributed by atoms with Crippen LogP contribution >= 0.6 is 23.2 Å². The van der Waals surface area contributed by atoms with Gasteiger partial charge in [-0.05, 0) is 48.0 Å². The average Bonchev–Trinajstić information content (AvgIpc) is 3.25. The Morgan fingerprint density at radius 2 is 1.75 bits per heavy atom. The monoisotopic (exact) mass is 473 g/mol. The van der Waals surface area contributed by atoms with Crippen LogP contribution in [0.5, 0.6) is 11.5 Å². The Labute approximate surface area is 192 Å². The zero-order valence-electron chi connectivity index (χ0n) is 16.4. The van der Waals surface area contributed by atoms with Crippen molar-refractivity contribution in [1.82, 2.24) is 14.9 Å². The summed E-state index contributed by atoms with van der Waals surface area (Å²) in [6, 6.07) is 15.1. The minimum absolute atomic E-state index is 0.181. The molecule has 0 radical (unpaired) electrons. The molecule has 0 bridgehead atoms. The minimum atomic E-state index is -0.985. The molecule has 2 aromatic carbocycles. The van der Waals surface area contributed by atoms with Crippen LogP contribution in [0.4, 0.5) is 8.78 Å². The van der Waals surface area contributed by atoms with Crippen LogP contribution in [0.1, 0.15) is 16.1 Å². The average molecular weight is 474 g/mol. The number of hydrogen-bond acceptors (Lipinski definition) is 3. The van der Waals surface area contributed by atoms with Crippen LogP contribution in [0.3, 0.4) is 0 Å². The van der Waals surface area contributed by atoms with Gasteiger partial charge in [0.1, 0.15) is 17.2 Å². The van der Waals surface area contributed by atoms with Gasteiger partial charge in [0.25, 0.3) is 5.91 Å². The van der Waals surface area contributed by atoms with E-state index < -0.39 is 11.6 Å². The van der Waals surface area contributed by atoms with Crippen LogP contribution in [0.15, 0.2) is 73.1 Å². The maximum Gasteiger partial charge on any atom is 0.268 e. The van der Waals surface area contributed by atoms with Gasteiger partial charge in [0.2, 0.25) is 0 Å². The second kappa shape index (κ2) is 9.38. The molecule has 5 nitrogen and oxygen atoms in total. The quantitative estimate of drug-likeness (QED) is 0.363. The molecular weight excluding hydrogens is 459 g/mol. The predicted octanol–water partition coefficient (Wildman–Crippen LogP) is 6.18. The zero-order valence-corrected chi connectivity index (χ0v) is 17.9. The second-order valence-corrected chi connectivity index (χ2v) is 7.57. The first-order valence-electron chi connectivity index (χ1n) is 9.39. The molecule has 0 saturated heterocycles. The van der Waals surface area contributed by atoms with Gasteiger partial charge in [-0.2, -0.15) is 0 Å². The van der Waals surface area contributed by atoms with E-state index in [1.807, 2.05) is 0 Å². The molecule has 32 heavy (non-hydrogen) atoms. The molecule has 4 rings (SSSR count). The molecule has 1 amide bonds. The molecule has 0 spiro atoms. The number of carbonyl (C=O) groups excluding carboxylic acids is 1. The van der Waals surface area contributed by atoms with Crippen LogP contribution in [-0.4, -0.2) is 15.5 Å². The van der Waals surface area contributed by atoms with E-state index in [-0.39, 0.29) is 18.2 Å². The molecule has 162 valence electrons. The third kappa shape index (κ3) is 4.90. The standard InChI is InChI=1S/C23H15Cl2F2N3O2/c24-15-10-18(25)22(28-13-15)30-9-1-2-21(30)23(31)29-12-14-3-5-16(6-4-14)32-17-7-8-19(26)20(27)11-17/h1-11,13H,12H2,(H,29,31). The molecule has 0 aliphatic carbocycles. The van der Waals surface area contributed by atoms with Crippen molar-refractivity contribution in [3.05, 3.63) is 106 Å². The third-order valence-electron chi connectivity index (χ3n) is 4.50. The first kappa shape index (κ1) is 21.8. The summed E-state index contributed by atoms with van der Waals surface area (Å²) in [7, 11) is 0. The lowest BCUT2D eigenvalue weighted by Gasteiger charge is -2.11. The van der Waals surface area contributed by atoms with Crippen LogP contribution in [0.2, 0.25) is 10.0 Å². The Hall–Kier alpha value is -3.42. The molecule has 0 saturated carbocycles. The number of nitrogens with one attached hydrogen (secondary N) is 1. The van der Waals surface area contributed by atoms with Crippen LogP contribution < -0.4 is 10.1 Å². The highest BCUT2D eigenvalue weighted by molar-refractivity contribution is 6.35. The molecule has 0 fully saturated rings. The number of halogens is 4. The maximum absolute atomic E-state index is 13.3. The zero-order chi connectivity index (χ0) is 22.7. The lowest BCUT2D eigenvalue weighted by molar-refractivity contribution is 0.0944. The van der Waals surface area contributed by atoms with Crippen molar-refractivity contribution in [3.63, 3.8) is 0 Å². The van der Waals surface area contributed by atoms with Crippen molar-refractivity contribution in [2.75, 3.05) is 0 Å². The molecule has 2 heterocycles. The number of rotatable bonds is 6. The fourth-order valence-corrected chi connectivity index (χ4v) is 3.43. The van der Waals surface area contributed by atoms with Gasteiger partial charge in [-0.15, -0.1) is 0 Å². The Morgan fingerprint density at radius 3 is 2.47 bits per heavy atom. The Bertz CT molecular complexity index is 1280. The summed E-state index contributed by atoms with van der Waals surface area (Å²) in [5.74, 6) is -1.22. The second-order valence-electron chi connectivity index (χ2n) is 6.73. The maximum atomic E-state index is 13.3. The van der Waals surface area contributed by atoms with E-state index in [9.17, 15) is 13.6 Å². The third-order valence-corrected chi connectivity index (χ3v) is 4.99. The summed E-state index contributed by atoms with van der Waals surface area (Å²) in [5.41, 5.74) is 1.18. The van der Waals surface area contributed by atoms with Gasteiger partial charge in [0.05, 0.1) is 10.0 Å². The highest BCUT2D eigenvalue weighted by Crippen LogP contribution is 2.25. The van der Waals surface area contributed by atoms with Gasteiger partial charge in [-0.3, -0.25) is 9.36 Å². The molecule has 9 heteroatoms. The normalized spacial score (nSPS) is 10.8. The van der Waals surface area contributed by atoms with E-state index >= 15 is 0 Å². The Morgan fingerprint density at radius 1 is 1.00 bits per heavy atom. The van der Waals surface area contributed by atoms with Crippen LogP contribution in [0.25, 0.3) is 5.82 Å². The smallest absolute Gasteiger partial charge is 0.268 e. The molecule has 1 N–H and O–H groups in total. The largest absolute Gasteiger partial charge is 0.457 e. The molecule has 0 aliphatic heterocycles.